The maximum absolute atomic E-state index is 12.7. The molecule has 0 atom stereocenters. The van der Waals surface area contributed by atoms with Crippen molar-refractivity contribution in [2.24, 2.45) is 0 Å². The van der Waals surface area contributed by atoms with Gasteiger partial charge in [0.25, 0.3) is 0 Å². The normalized spacial score (nSPS) is 11.4. The topological polar surface area (TPSA) is 51.6 Å². The van der Waals surface area contributed by atoms with Crippen molar-refractivity contribution in [2.75, 3.05) is 6.61 Å². The van der Waals surface area contributed by atoms with E-state index in [0.29, 0.717) is 24.1 Å². The molecule has 0 fully saturated rings. The molecule has 0 aliphatic heterocycles. The second-order valence-corrected chi connectivity index (χ2v) is 5.65. The van der Waals surface area contributed by atoms with E-state index in [0.717, 1.165) is 18.9 Å². The summed E-state index contributed by atoms with van der Waals surface area (Å²) >= 11 is 5.84. The minimum Gasteiger partial charge on any atom is -0.493 e. The maximum atomic E-state index is 12.7. The van der Waals surface area contributed by atoms with E-state index in [1.807, 2.05) is 6.92 Å². The Morgan fingerprint density at radius 3 is 2.60 bits per heavy atom. The minimum absolute atomic E-state index is 0.185. The molecule has 0 aliphatic carbocycles. The summed E-state index contributed by atoms with van der Waals surface area (Å²) in [5.74, 6) is 0.546. The molecule has 2 rings (SSSR count). The Labute approximate surface area is 148 Å². The summed E-state index contributed by atoms with van der Waals surface area (Å²) in [6.45, 7) is 2.24. The van der Waals surface area contributed by atoms with Crippen molar-refractivity contribution in [3.05, 3.63) is 46.6 Å². The monoisotopic (exact) mass is 375 g/mol. The second-order valence-electron chi connectivity index (χ2n) is 5.24. The van der Waals surface area contributed by atoms with Crippen LogP contribution in [-0.2, 0) is 12.8 Å². The van der Waals surface area contributed by atoms with Gasteiger partial charge in [-0.25, -0.2) is 4.98 Å². The molecule has 136 valence electrons. The highest BCUT2D eigenvalue weighted by Gasteiger charge is 2.31. The van der Waals surface area contributed by atoms with Crippen molar-refractivity contribution in [1.82, 2.24) is 4.98 Å². The molecule has 1 aromatic carbocycles. The Bertz CT molecular complexity index is 723. The predicted molar refractivity (Wildman–Crippen MR) is 87.1 cm³/mol. The summed E-state index contributed by atoms with van der Waals surface area (Å²) < 4.78 is 49.0. The summed E-state index contributed by atoms with van der Waals surface area (Å²) in [5, 5.41) is 9.12. The van der Waals surface area contributed by atoms with Gasteiger partial charge in [-0.2, -0.15) is 13.2 Å². The highest BCUT2D eigenvalue weighted by atomic mass is 35.5. The van der Waals surface area contributed by atoms with Crippen LogP contribution in [0, 0.1) is 0 Å². The van der Waals surface area contributed by atoms with E-state index in [9.17, 15) is 18.3 Å². The number of rotatable bonds is 7. The number of aliphatic hydroxyl groups excluding tert-OH is 1. The summed E-state index contributed by atoms with van der Waals surface area (Å²) in [4.78, 5) is 3.62. The van der Waals surface area contributed by atoms with Crippen LogP contribution in [0.5, 0.6) is 17.4 Å². The second kappa shape index (κ2) is 8.40. The van der Waals surface area contributed by atoms with Crippen LogP contribution >= 0.6 is 11.6 Å². The molecule has 1 heterocycles. The lowest BCUT2D eigenvalue weighted by Crippen LogP contribution is -2.06. The zero-order chi connectivity index (χ0) is 18.4. The van der Waals surface area contributed by atoms with E-state index >= 15 is 0 Å². The molecule has 0 spiro atoms. The van der Waals surface area contributed by atoms with Crippen LogP contribution in [0.1, 0.15) is 30.9 Å². The van der Waals surface area contributed by atoms with Crippen LogP contribution in [0.25, 0.3) is 0 Å². The number of benzene rings is 1. The van der Waals surface area contributed by atoms with Crippen LogP contribution in [0.3, 0.4) is 0 Å². The molecule has 25 heavy (non-hydrogen) atoms. The Balaban J connectivity index is 2.24. The fraction of sp³-hybridized carbons (Fsp3) is 0.353. The number of nitrogens with zero attached hydrogens (tertiary/aromatic N) is 1. The van der Waals surface area contributed by atoms with Gasteiger partial charge < -0.3 is 14.6 Å². The molecular weight excluding hydrogens is 359 g/mol. The Morgan fingerprint density at radius 2 is 2.00 bits per heavy atom. The van der Waals surface area contributed by atoms with Crippen molar-refractivity contribution < 1.29 is 27.8 Å². The molecule has 4 nitrogen and oxygen atoms in total. The summed E-state index contributed by atoms with van der Waals surface area (Å²) in [6.07, 6.45) is -2.05. The number of hydrogen-bond donors (Lipinski definition) is 1. The van der Waals surface area contributed by atoms with E-state index < -0.39 is 11.7 Å². The zero-order valence-corrected chi connectivity index (χ0v) is 14.2. The number of halogens is 4. The van der Waals surface area contributed by atoms with Crippen molar-refractivity contribution in [2.45, 2.75) is 32.5 Å². The molecule has 0 bridgehead atoms. The molecule has 0 saturated carbocycles. The smallest absolute Gasteiger partial charge is 0.417 e. The van der Waals surface area contributed by atoms with Crippen molar-refractivity contribution in [1.29, 1.82) is 0 Å². The van der Waals surface area contributed by atoms with Gasteiger partial charge in [0.15, 0.2) is 0 Å². The average molecular weight is 376 g/mol. The molecular formula is C17H17ClF3NO3. The van der Waals surface area contributed by atoms with Crippen LogP contribution in [-0.4, -0.2) is 16.7 Å². The summed E-state index contributed by atoms with van der Waals surface area (Å²) in [6, 6.07) is 5.56. The molecule has 1 aromatic heterocycles. The first-order valence-electron chi connectivity index (χ1n) is 7.62. The van der Waals surface area contributed by atoms with Crippen LogP contribution in [0.15, 0.2) is 30.5 Å². The van der Waals surface area contributed by atoms with Crippen molar-refractivity contribution in [3.8, 4) is 17.4 Å². The molecule has 1 N–H and O–H groups in total. The van der Waals surface area contributed by atoms with E-state index in [-0.39, 0.29) is 23.3 Å². The van der Waals surface area contributed by atoms with Crippen molar-refractivity contribution >= 4 is 11.6 Å². The van der Waals surface area contributed by atoms with Gasteiger partial charge in [-0.1, -0.05) is 24.9 Å². The Hall–Kier alpha value is -1.99. The van der Waals surface area contributed by atoms with Crippen LogP contribution < -0.4 is 9.47 Å². The molecule has 0 radical (unpaired) electrons. The van der Waals surface area contributed by atoms with Gasteiger partial charge in [-0.05, 0) is 24.6 Å². The fourth-order valence-electron chi connectivity index (χ4n) is 1.94. The number of hydrogen-bond acceptors (Lipinski definition) is 4. The number of ether oxygens (including phenoxy) is 2. The first-order valence-corrected chi connectivity index (χ1v) is 8.00. The van der Waals surface area contributed by atoms with E-state index in [1.54, 1.807) is 12.1 Å². The maximum Gasteiger partial charge on any atom is 0.417 e. The fourth-order valence-corrected chi connectivity index (χ4v) is 2.15. The minimum atomic E-state index is -4.54. The van der Waals surface area contributed by atoms with Gasteiger partial charge in [0.2, 0.25) is 5.88 Å². The highest BCUT2D eigenvalue weighted by Crippen LogP contribution is 2.36. The number of aliphatic hydroxyl groups is 1. The predicted octanol–water partition coefficient (Wildman–Crippen LogP) is 5.22. The number of unbranched alkanes of at least 4 members (excludes halogenated alkanes) is 1. The zero-order valence-electron chi connectivity index (χ0n) is 13.4. The lowest BCUT2D eigenvalue weighted by atomic mass is 10.2. The van der Waals surface area contributed by atoms with Gasteiger partial charge in [-0.3, -0.25) is 0 Å². The van der Waals surface area contributed by atoms with Gasteiger partial charge >= 0.3 is 6.18 Å². The average Bonchev–Trinajstić information content (AvgIpc) is 2.56. The van der Waals surface area contributed by atoms with Gasteiger partial charge in [-0.15, -0.1) is 0 Å². The number of aromatic nitrogens is 1. The number of alkyl halides is 3. The van der Waals surface area contributed by atoms with Crippen LogP contribution in [0.4, 0.5) is 13.2 Å². The van der Waals surface area contributed by atoms with E-state index in [4.69, 9.17) is 21.1 Å². The van der Waals surface area contributed by atoms with Gasteiger partial charge in [0.1, 0.15) is 16.5 Å². The quantitative estimate of drug-likeness (QED) is 0.674. The summed E-state index contributed by atoms with van der Waals surface area (Å²) in [7, 11) is 0. The molecule has 8 heteroatoms. The molecule has 2 aromatic rings. The third kappa shape index (κ3) is 5.24. The van der Waals surface area contributed by atoms with E-state index in [2.05, 4.69) is 4.98 Å². The number of pyridine rings is 1. The van der Waals surface area contributed by atoms with Crippen LogP contribution in [0.2, 0.25) is 5.02 Å². The lowest BCUT2D eigenvalue weighted by molar-refractivity contribution is -0.137. The highest BCUT2D eigenvalue weighted by molar-refractivity contribution is 6.31. The Morgan fingerprint density at radius 1 is 1.24 bits per heavy atom. The van der Waals surface area contributed by atoms with Gasteiger partial charge in [0, 0.05) is 17.8 Å². The first-order chi connectivity index (χ1) is 11.8. The standard InChI is InChI=1S/C17H17ClF3NO3/c1-2-3-6-24-13-5-4-11(10-23)15(8-13)25-16-14(18)7-12(9-22-16)17(19,20)21/h4-5,7-9,23H,2-3,6,10H2,1H3. The van der Waals surface area contributed by atoms with Crippen molar-refractivity contribution in [3.63, 3.8) is 0 Å². The third-order valence-electron chi connectivity index (χ3n) is 3.32. The van der Waals surface area contributed by atoms with Gasteiger partial charge in [0.05, 0.1) is 18.8 Å². The Kier molecular flexibility index (Phi) is 6.50. The SMILES string of the molecule is CCCCOc1ccc(CO)c(Oc2ncc(C(F)(F)F)cc2Cl)c1. The molecule has 0 amide bonds. The molecule has 0 unspecified atom stereocenters. The first kappa shape index (κ1) is 19.3. The largest absolute Gasteiger partial charge is 0.493 e. The summed E-state index contributed by atoms with van der Waals surface area (Å²) in [5.41, 5.74) is -0.538. The molecule has 0 aliphatic rings. The third-order valence-corrected chi connectivity index (χ3v) is 3.59. The molecule has 0 saturated heterocycles. The lowest BCUT2D eigenvalue weighted by Gasteiger charge is -2.13. The van der Waals surface area contributed by atoms with E-state index in [1.165, 1.54) is 6.07 Å².